The van der Waals surface area contributed by atoms with Gasteiger partial charge in [-0.3, -0.25) is 0 Å². The van der Waals surface area contributed by atoms with Crippen molar-refractivity contribution in [3.05, 3.63) is 30.3 Å². The van der Waals surface area contributed by atoms with Gasteiger partial charge in [0.25, 0.3) is 0 Å². The van der Waals surface area contributed by atoms with E-state index in [-0.39, 0.29) is 5.30 Å². The summed E-state index contributed by atoms with van der Waals surface area (Å²) in [6, 6.07) is 6.79. The fourth-order valence-corrected chi connectivity index (χ4v) is 3.32. The molecule has 3 N–H and O–H groups in total. The van der Waals surface area contributed by atoms with Crippen LogP contribution in [0, 0.1) is 0 Å². The molecule has 6 nitrogen and oxygen atoms in total. The minimum absolute atomic E-state index is 0.164. The molecular weight excluding hydrogens is 235 g/mol. The fraction of sp³-hybridized carbons (Fsp3) is 0. The van der Waals surface area contributed by atoms with Gasteiger partial charge in [0, 0.05) is 0 Å². The maximum absolute atomic E-state index is 11.0. The molecule has 0 saturated carbocycles. The summed E-state index contributed by atoms with van der Waals surface area (Å²) in [6.45, 7) is 0. The Kier molecular flexibility index (Phi) is 3.25. The quantitative estimate of drug-likeness (QED) is 0.699. The average Bonchev–Trinajstić information content (AvgIpc) is 2.18. The van der Waals surface area contributed by atoms with Gasteiger partial charge in [-0.25, -0.2) is 0 Å². The molecule has 0 amide bonds. The summed E-state index contributed by atoms with van der Waals surface area (Å²) in [5.41, 5.74) is -5.38. The molecule has 0 bridgehead atoms. The van der Waals surface area contributed by atoms with Crippen molar-refractivity contribution in [3.8, 4) is 0 Å². The third-order valence-electron chi connectivity index (χ3n) is 2.17. The van der Waals surface area contributed by atoms with Crippen molar-refractivity contribution in [1.82, 2.24) is 0 Å². The van der Waals surface area contributed by atoms with E-state index in [4.69, 9.17) is 15.3 Å². The third-order valence-corrected chi connectivity index (χ3v) is 5.29. The van der Waals surface area contributed by atoms with E-state index in [0.717, 1.165) is 0 Å². The van der Waals surface area contributed by atoms with Gasteiger partial charge in [0.1, 0.15) is 0 Å². The van der Waals surface area contributed by atoms with E-state index in [9.17, 15) is 14.4 Å². The molecular formula is C9H9O6P. The first-order valence-electron chi connectivity index (χ1n) is 4.19. The summed E-state index contributed by atoms with van der Waals surface area (Å²) in [6.07, 6.45) is 0. The Labute approximate surface area is 90.5 Å². The number of carbonyl (C=O) groups is 3. The van der Waals surface area contributed by atoms with Gasteiger partial charge < -0.3 is 0 Å². The molecule has 1 aromatic carbocycles. The van der Waals surface area contributed by atoms with Crippen molar-refractivity contribution in [2.45, 2.75) is 0 Å². The van der Waals surface area contributed by atoms with Crippen LogP contribution < -0.4 is 5.30 Å². The summed E-state index contributed by atoms with van der Waals surface area (Å²) in [5, 5.41) is 26.6. The zero-order chi connectivity index (χ0) is 12.3. The molecule has 0 aliphatic rings. The Morgan fingerprint density at radius 2 is 1.19 bits per heavy atom. The summed E-state index contributed by atoms with van der Waals surface area (Å²) < 4.78 is 0. The second-order valence-electron chi connectivity index (χ2n) is 3.03. The van der Waals surface area contributed by atoms with Crippen molar-refractivity contribution in [2.75, 3.05) is 0 Å². The van der Waals surface area contributed by atoms with E-state index in [1.807, 2.05) is 0 Å². The molecule has 16 heavy (non-hydrogen) atoms. The van der Waals surface area contributed by atoms with E-state index in [1.54, 1.807) is 6.07 Å². The number of hydrogen-bond acceptors (Lipinski definition) is 3. The summed E-state index contributed by atoms with van der Waals surface area (Å²) in [5.74, 6) is 0. The molecule has 0 radical (unpaired) electrons. The normalized spacial score (nSPS) is 11.8. The molecule has 0 fully saturated rings. The van der Waals surface area contributed by atoms with Crippen LogP contribution in [0.3, 0.4) is 0 Å². The Bertz CT molecular complexity index is 405. The Morgan fingerprint density at radius 1 is 0.812 bits per heavy atom. The van der Waals surface area contributed by atoms with Crippen molar-refractivity contribution < 1.29 is 29.7 Å². The van der Waals surface area contributed by atoms with Crippen molar-refractivity contribution in [1.29, 1.82) is 0 Å². The van der Waals surface area contributed by atoms with E-state index in [2.05, 4.69) is 0 Å². The van der Waals surface area contributed by atoms with Crippen LogP contribution in [0.1, 0.15) is 0 Å². The Morgan fingerprint density at radius 3 is 1.50 bits per heavy atom. The van der Waals surface area contributed by atoms with E-state index < -0.39 is 24.4 Å². The first kappa shape index (κ1) is 12.1. The van der Waals surface area contributed by atoms with Crippen LogP contribution in [0.4, 0.5) is 14.4 Å². The summed E-state index contributed by atoms with van der Waals surface area (Å²) in [7, 11) is -4.65. The van der Waals surface area contributed by atoms with Crippen molar-refractivity contribution >= 4 is 29.7 Å². The minimum atomic E-state index is -4.65. The molecule has 0 spiro atoms. The standard InChI is InChI=1S/C9H9O6P/c10-7(11)16(8(12)13,9(14)15)6-4-2-1-3-5-6/h1-5,16H,(H,10,11)(H,12,13)(H,14,15). The first-order valence-corrected chi connectivity index (χ1v) is 6.19. The average molecular weight is 244 g/mol. The predicted molar refractivity (Wildman–Crippen MR) is 58.5 cm³/mol. The van der Waals surface area contributed by atoms with Crippen LogP contribution in [0.15, 0.2) is 30.3 Å². The van der Waals surface area contributed by atoms with Crippen LogP contribution in [0.5, 0.6) is 0 Å². The molecule has 7 heteroatoms. The number of benzene rings is 1. The Balaban J connectivity index is 3.52. The molecule has 0 atom stereocenters. The van der Waals surface area contributed by atoms with Crippen LogP contribution in [-0.2, 0) is 0 Å². The van der Waals surface area contributed by atoms with Gasteiger partial charge in [-0.05, 0) is 0 Å². The third kappa shape index (κ3) is 1.63. The van der Waals surface area contributed by atoms with Crippen LogP contribution in [0.25, 0.3) is 0 Å². The zero-order valence-corrected chi connectivity index (χ0v) is 8.95. The van der Waals surface area contributed by atoms with E-state index in [1.165, 1.54) is 24.3 Å². The molecule has 0 saturated heterocycles. The zero-order valence-electron chi connectivity index (χ0n) is 7.95. The van der Waals surface area contributed by atoms with Gasteiger partial charge in [0.15, 0.2) is 0 Å². The van der Waals surface area contributed by atoms with Crippen molar-refractivity contribution in [3.63, 3.8) is 0 Å². The summed E-state index contributed by atoms with van der Waals surface area (Å²) in [4.78, 5) is 33.0. The van der Waals surface area contributed by atoms with Gasteiger partial charge in [0.2, 0.25) is 0 Å². The molecule has 0 aromatic heterocycles. The monoisotopic (exact) mass is 244 g/mol. The molecule has 0 aliphatic carbocycles. The number of carboxylic acid groups (broad SMARTS) is 3. The van der Waals surface area contributed by atoms with E-state index in [0.29, 0.717) is 0 Å². The van der Waals surface area contributed by atoms with Gasteiger partial charge >= 0.3 is 89.7 Å². The molecule has 86 valence electrons. The molecule has 1 rings (SSSR count). The van der Waals surface area contributed by atoms with Crippen LogP contribution in [0.2, 0.25) is 0 Å². The number of rotatable bonds is 4. The second-order valence-corrected chi connectivity index (χ2v) is 6.39. The Hall–Kier alpha value is -1.94. The molecule has 0 heterocycles. The van der Waals surface area contributed by atoms with Gasteiger partial charge in [-0.15, -0.1) is 0 Å². The topological polar surface area (TPSA) is 112 Å². The number of hydrogen-bond donors (Lipinski definition) is 3. The molecule has 1 aromatic rings. The fourth-order valence-electron chi connectivity index (χ4n) is 1.33. The van der Waals surface area contributed by atoms with Crippen LogP contribution >= 0.6 is 7.26 Å². The molecule has 0 unspecified atom stereocenters. The maximum atomic E-state index is 11.0. The van der Waals surface area contributed by atoms with Gasteiger partial charge in [-0.2, -0.15) is 0 Å². The summed E-state index contributed by atoms with van der Waals surface area (Å²) >= 11 is 0. The van der Waals surface area contributed by atoms with Crippen LogP contribution in [-0.4, -0.2) is 32.5 Å². The van der Waals surface area contributed by atoms with Gasteiger partial charge in [-0.1, -0.05) is 0 Å². The van der Waals surface area contributed by atoms with Gasteiger partial charge in [0.05, 0.1) is 0 Å². The second kappa shape index (κ2) is 4.28. The molecule has 0 aliphatic heterocycles. The first-order chi connectivity index (χ1) is 7.44. The van der Waals surface area contributed by atoms with Crippen molar-refractivity contribution in [2.24, 2.45) is 0 Å². The SMILES string of the molecule is O=C(O)[PH](C(=O)O)(C(=O)O)c1ccccc1. The van der Waals surface area contributed by atoms with E-state index >= 15 is 0 Å². The predicted octanol–water partition coefficient (Wildman–Crippen LogP) is 2.10.